The Hall–Kier alpha value is -3.14. The predicted molar refractivity (Wildman–Crippen MR) is 97.1 cm³/mol. The maximum absolute atomic E-state index is 12.3. The summed E-state index contributed by atoms with van der Waals surface area (Å²) in [6.45, 7) is 1.97. The molecular weight excluding hydrogens is 314 g/mol. The molecule has 1 atom stereocenters. The SMILES string of the molecule is CC(OC(=O)c1ccc2ccccc2c1)C(=O)NCc1ccccc1. The third-order valence-corrected chi connectivity index (χ3v) is 3.95. The summed E-state index contributed by atoms with van der Waals surface area (Å²) in [7, 11) is 0. The van der Waals surface area contributed by atoms with Gasteiger partial charge in [0.05, 0.1) is 5.56 Å². The second-order valence-corrected chi connectivity index (χ2v) is 5.81. The van der Waals surface area contributed by atoms with E-state index in [0.29, 0.717) is 12.1 Å². The fourth-order valence-electron chi connectivity index (χ4n) is 2.53. The molecule has 0 aliphatic heterocycles. The third kappa shape index (κ3) is 4.23. The zero-order chi connectivity index (χ0) is 17.6. The summed E-state index contributed by atoms with van der Waals surface area (Å²) in [5.74, 6) is -0.828. The molecule has 0 saturated carbocycles. The van der Waals surface area contributed by atoms with Gasteiger partial charge in [0.2, 0.25) is 0 Å². The van der Waals surface area contributed by atoms with E-state index in [0.717, 1.165) is 16.3 Å². The first-order valence-corrected chi connectivity index (χ1v) is 8.15. The van der Waals surface area contributed by atoms with E-state index in [2.05, 4.69) is 5.32 Å². The van der Waals surface area contributed by atoms with E-state index in [1.54, 1.807) is 19.1 Å². The smallest absolute Gasteiger partial charge is 0.338 e. The van der Waals surface area contributed by atoms with Gasteiger partial charge in [-0.1, -0.05) is 60.7 Å². The molecule has 4 heteroatoms. The maximum atomic E-state index is 12.3. The Kier molecular flexibility index (Phi) is 5.09. The summed E-state index contributed by atoms with van der Waals surface area (Å²) < 4.78 is 5.28. The molecule has 0 aliphatic carbocycles. The largest absolute Gasteiger partial charge is 0.449 e. The monoisotopic (exact) mass is 333 g/mol. The lowest BCUT2D eigenvalue weighted by atomic mass is 10.1. The van der Waals surface area contributed by atoms with Crippen molar-refractivity contribution >= 4 is 22.6 Å². The van der Waals surface area contributed by atoms with E-state index in [1.807, 2.05) is 60.7 Å². The number of fused-ring (bicyclic) bond motifs is 1. The average Bonchev–Trinajstić information content (AvgIpc) is 2.66. The van der Waals surface area contributed by atoms with Crippen LogP contribution in [0.5, 0.6) is 0 Å². The number of amides is 1. The van der Waals surface area contributed by atoms with Gasteiger partial charge < -0.3 is 10.1 Å². The van der Waals surface area contributed by atoms with Gasteiger partial charge in [0.25, 0.3) is 5.91 Å². The Morgan fingerprint density at radius 1 is 0.920 bits per heavy atom. The van der Waals surface area contributed by atoms with Crippen LogP contribution in [0.3, 0.4) is 0 Å². The minimum atomic E-state index is -0.859. The number of hydrogen-bond acceptors (Lipinski definition) is 3. The van der Waals surface area contributed by atoms with Crippen LogP contribution in [0.2, 0.25) is 0 Å². The Balaban J connectivity index is 1.59. The summed E-state index contributed by atoms with van der Waals surface area (Å²) in [4.78, 5) is 24.4. The van der Waals surface area contributed by atoms with Crippen molar-refractivity contribution < 1.29 is 14.3 Å². The molecule has 0 heterocycles. The van der Waals surface area contributed by atoms with Crippen molar-refractivity contribution in [3.05, 3.63) is 83.9 Å². The summed E-state index contributed by atoms with van der Waals surface area (Å²) in [5.41, 5.74) is 1.42. The second kappa shape index (κ2) is 7.62. The highest BCUT2D eigenvalue weighted by molar-refractivity contribution is 5.96. The van der Waals surface area contributed by atoms with E-state index < -0.39 is 12.1 Å². The number of esters is 1. The molecule has 0 fully saturated rings. The minimum Gasteiger partial charge on any atom is -0.449 e. The lowest BCUT2D eigenvalue weighted by Gasteiger charge is -2.14. The zero-order valence-corrected chi connectivity index (χ0v) is 13.9. The average molecular weight is 333 g/mol. The van der Waals surface area contributed by atoms with Gasteiger partial charge in [-0.25, -0.2) is 4.79 Å². The zero-order valence-electron chi connectivity index (χ0n) is 13.9. The standard InChI is InChI=1S/C21H19NO3/c1-15(20(23)22-14-16-7-3-2-4-8-16)25-21(24)19-12-11-17-9-5-6-10-18(17)13-19/h2-13,15H,14H2,1H3,(H,22,23). The van der Waals surface area contributed by atoms with Crippen molar-refractivity contribution in [2.45, 2.75) is 19.6 Å². The van der Waals surface area contributed by atoms with Crippen molar-refractivity contribution in [1.29, 1.82) is 0 Å². The number of ether oxygens (including phenoxy) is 1. The van der Waals surface area contributed by atoms with Crippen LogP contribution in [0.25, 0.3) is 10.8 Å². The quantitative estimate of drug-likeness (QED) is 0.724. The van der Waals surface area contributed by atoms with Crippen LogP contribution in [-0.2, 0) is 16.1 Å². The van der Waals surface area contributed by atoms with E-state index in [9.17, 15) is 9.59 Å². The summed E-state index contributed by atoms with van der Waals surface area (Å²) in [6, 6.07) is 22.7. The molecule has 3 rings (SSSR count). The highest BCUT2D eigenvalue weighted by atomic mass is 16.5. The van der Waals surface area contributed by atoms with Gasteiger partial charge in [-0.15, -0.1) is 0 Å². The number of rotatable bonds is 5. The van der Waals surface area contributed by atoms with E-state index in [4.69, 9.17) is 4.74 Å². The molecule has 0 saturated heterocycles. The Labute approximate surface area is 146 Å². The lowest BCUT2D eigenvalue weighted by molar-refractivity contribution is -0.129. The van der Waals surface area contributed by atoms with Gasteiger partial charge in [-0.3, -0.25) is 4.79 Å². The molecule has 4 nitrogen and oxygen atoms in total. The minimum absolute atomic E-state index is 0.321. The molecule has 25 heavy (non-hydrogen) atoms. The van der Waals surface area contributed by atoms with Gasteiger partial charge in [0, 0.05) is 6.54 Å². The highest BCUT2D eigenvalue weighted by Gasteiger charge is 2.18. The Morgan fingerprint density at radius 3 is 2.36 bits per heavy atom. The summed E-state index contributed by atoms with van der Waals surface area (Å²) >= 11 is 0. The van der Waals surface area contributed by atoms with Crippen LogP contribution < -0.4 is 5.32 Å². The van der Waals surface area contributed by atoms with Crippen LogP contribution in [0, 0.1) is 0 Å². The van der Waals surface area contributed by atoms with Gasteiger partial charge in [0.1, 0.15) is 0 Å². The number of hydrogen-bond donors (Lipinski definition) is 1. The maximum Gasteiger partial charge on any atom is 0.338 e. The first kappa shape index (κ1) is 16.7. The fraction of sp³-hybridized carbons (Fsp3) is 0.143. The van der Waals surface area contributed by atoms with Crippen molar-refractivity contribution in [2.24, 2.45) is 0 Å². The number of benzene rings is 3. The Bertz CT molecular complexity index is 890. The highest BCUT2D eigenvalue weighted by Crippen LogP contribution is 2.16. The second-order valence-electron chi connectivity index (χ2n) is 5.81. The topological polar surface area (TPSA) is 55.4 Å². The normalized spacial score (nSPS) is 11.7. The molecule has 0 aliphatic rings. The van der Waals surface area contributed by atoms with Crippen molar-refractivity contribution in [3.63, 3.8) is 0 Å². The molecule has 0 bridgehead atoms. The molecule has 3 aromatic rings. The van der Waals surface area contributed by atoms with Crippen LogP contribution >= 0.6 is 0 Å². The molecule has 1 amide bonds. The number of carbonyl (C=O) groups is 2. The number of carbonyl (C=O) groups excluding carboxylic acids is 2. The third-order valence-electron chi connectivity index (χ3n) is 3.95. The molecule has 126 valence electrons. The molecule has 0 radical (unpaired) electrons. The molecule has 0 spiro atoms. The van der Waals surface area contributed by atoms with Crippen LogP contribution in [0.1, 0.15) is 22.8 Å². The fourth-order valence-corrected chi connectivity index (χ4v) is 2.53. The Morgan fingerprint density at radius 2 is 1.60 bits per heavy atom. The molecule has 0 aromatic heterocycles. The molecule has 1 unspecified atom stereocenters. The molecule has 1 N–H and O–H groups in total. The predicted octanol–water partition coefficient (Wildman–Crippen LogP) is 3.70. The lowest BCUT2D eigenvalue weighted by Crippen LogP contribution is -2.35. The van der Waals surface area contributed by atoms with Crippen LogP contribution in [-0.4, -0.2) is 18.0 Å². The van der Waals surface area contributed by atoms with Gasteiger partial charge >= 0.3 is 5.97 Å². The van der Waals surface area contributed by atoms with Crippen LogP contribution in [0.4, 0.5) is 0 Å². The summed E-state index contributed by atoms with van der Waals surface area (Å²) in [6.07, 6.45) is -0.859. The van der Waals surface area contributed by atoms with Crippen molar-refractivity contribution in [2.75, 3.05) is 0 Å². The van der Waals surface area contributed by atoms with E-state index in [1.165, 1.54) is 0 Å². The van der Waals surface area contributed by atoms with Gasteiger partial charge in [-0.2, -0.15) is 0 Å². The first-order valence-electron chi connectivity index (χ1n) is 8.15. The molecular formula is C21H19NO3. The van der Waals surface area contributed by atoms with Crippen molar-refractivity contribution in [3.8, 4) is 0 Å². The molecule has 3 aromatic carbocycles. The van der Waals surface area contributed by atoms with E-state index >= 15 is 0 Å². The first-order chi connectivity index (χ1) is 12.1. The van der Waals surface area contributed by atoms with E-state index in [-0.39, 0.29) is 5.91 Å². The van der Waals surface area contributed by atoms with Gasteiger partial charge in [-0.05, 0) is 35.4 Å². The van der Waals surface area contributed by atoms with Crippen LogP contribution in [0.15, 0.2) is 72.8 Å². The van der Waals surface area contributed by atoms with Gasteiger partial charge in [0.15, 0.2) is 6.10 Å². The summed E-state index contributed by atoms with van der Waals surface area (Å²) in [5, 5.41) is 4.77. The van der Waals surface area contributed by atoms with Crippen molar-refractivity contribution in [1.82, 2.24) is 5.32 Å². The number of nitrogens with one attached hydrogen (secondary N) is 1.